The van der Waals surface area contributed by atoms with Gasteiger partial charge in [0.2, 0.25) is 11.8 Å². The van der Waals surface area contributed by atoms with Crippen molar-refractivity contribution in [2.24, 2.45) is 0 Å². The molecule has 10 heteroatoms. The third kappa shape index (κ3) is 7.06. The SMILES string of the molecule is CC(=O)Nc1ccc(NC(=O)CSc2nnc(COc3ccccc3C)n2C[C@H]2CCCO2)cc1. The van der Waals surface area contributed by atoms with E-state index in [1.165, 1.54) is 18.7 Å². The Labute approximate surface area is 208 Å². The summed E-state index contributed by atoms with van der Waals surface area (Å²) in [5.74, 6) is 1.37. The number of anilines is 2. The number of carbonyl (C=O) groups excluding carboxylic acids is 2. The van der Waals surface area contributed by atoms with Crippen molar-refractivity contribution in [1.82, 2.24) is 14.8 Å². The van der Waals surface area contributed by atoms with Gasteiger partial charge in [0.15, 0.2) is 11.0 Å². The Bertz CT molecular complexity index is 1160. The predicted molar refractivity (Wildman–Crippen MR) is 135 cm³/mol. The molecule has 2 N–H and O–H groups in total. The van der Waals surface area contributed by atoms with E-state index in [0.29, 0.717) is 28.9 Å². The highest BCUT2D eigenvalue weighted by molar-refractivity contribution is 7.99. The van der Waals surface area contributed by atoms with Gasteiger partial charge in [0.05, 0.1) is 18.4 Å². The monoisotopic (exact) mass is 495 g/mol. The van der Waals surface area contributed by atoms with Gasteiger partial charge in [-0.25, -0.2) is 0 Å². The molecule has 4 rings (SSSR count). The number of aryl methyl sites for hydroxylation is 1. The smallest absolute Gasteiger partial charge is 0.234 e. The Morgan fingerprint density at radius 2 is 1.86 bits per heavy atom. The van der Waals surface area contributed by atoms with E-state index >= 15 is 0 Å². The van der Waals surface area contributed by atoms with Crippen molar-refractivity contribution in [3.05, 3.63) is 59.9 Å². The largest absolute Gasteiger partial charge is 0.485 e. The molecular weight excluding hydrogens is 466 g/mol. The zero-order chi connectivity index (χ0) is 24.6. The van der Waals surface area contributed by atoms with Gasteiger partial charge in [-0.2, -0.15) is 0 Å². The summed E-state index contributed by atoms with van der Waals surface area (Å²) in [4.78, 5) is 23.7. The van der Waals surface area contributed by atoms with E-state index in [-0.39, 0.29) is 30.3 Å². The molecule has 1 aliphatic rings. The molecule has 0 unspecified atom stereocenters. The lowest BCUT2D eigenvalue weighted by Crippen LogP contribution is -2.19. The fourth-order valence-electron chi connectivity index (χ4n) is 3.74. The maximum absolute atomic E-state index is 12.6. The van der Waals surface area contributed by atoms with Crippen LogP contribution in [0.15, 0.2) is 53.7 Å². The van der Waals surface area contributed by atoms with Gasteiger partial charge >= 0.3 is 0 Å². The highest BCUT2D eigenvalue weighted by Crippen LogP contribution is 2.24. The number of benzene rings is 2. The number of nitrogens with one attached hydrogen (secondary N) is 2. The van der Waals surface area contributed by atoms with Crippen molar-refractivity contribution in [2.75, 3.05) is 23.0 Å². The van der Waals surface area contributed by atoms with Crippen LogP contribution in [0.5, 0.6) is 5.75 Å². The summed E-state index contributed by atoms with van der Waals surface area (Å²) < 4.78 is 13.8. The number of nitrogens with zero attached hydrogens (tertiary/aromatic N) is 3. The summed E-state index contributed by atoms with van der Waals surface area (Å²) in [5, 5.41) is 14.9. The average Bonchev–Trinajstić information content (AvgIpc) is 3.49. The van der Waals surface area contributed by atoms with Crippen LogP contribution < -0.4 is 15.4 Å². The number of hydrogen-bond acceptors (Lipinski definition) is 7. The van der Waals surface area contributed by atoms with E-state index in [4.69, 9.17) is 9.47 Å². The van der Waals surface area contributed by atoms with Gasteiger partial charge in [-0.1, -0.05) is 30.0 Å². The molecule has 0 bridgehead atoms. The van der Waals surface area contributed by atoms with Crippen LogP contribution in [0.25, 0.3) is 0 Å². The minimum Gasteiger partial charge on any atom is -0.485 e. The normalized spacial score (nSPS) is 15.1. The highest BCUT2D eigenvalue weighted by Gasteiger charge is 2.22. The standard InChI is InChI=1S/C25H29N5O4S/c1-17-6-3-4-8-22(17)34-15-23-28-29-25(30(23)14-21-7-5-13-33-21)35-16-24(32)27-20-11-9-19(10-12-20)26-18(2)31/h3-4,6,8-12,21H,5,7,13-16H2,1-2H3,(H,26,31)(H,27,32)/t21-/m1/s1. The van der Waals surface area contributed by atoms with Gasteiger partial charge < -0.3 is 24.7 Å². The number of carbonyl (C=O) groups is 2. The van der Waals surface area contributed by atoms with Crippen molar-refractivity contribution < 1.29 is 19.1 Å². The molecule has 1 aromatic heterocycles. The van der Waals surface area contributed by atoms with Crippen molar-refractivity contribution in [3.8, 4) is 5.75 Å². The minimum atomic E-state index is -0.161. The molecule has 2 aromatic carbocycles. The first-order chi connectivity index (χ1) is 17.0. The quantitative estimate of drug-likeness (QED) is 0.409. The molecule has 9 nitrogen and oxygen atoms in total. The maximum atomic E-state index is 12.6. The van der Waals surface area contributed by atoms with Gasteiger partial charge in [-0.05, 0) is 55.7 Å². The Kier molecular flexibility index (Phi) is 8.38. The molecule has 35 heavy (non-hydrogen) atoms. The molecule has 1 saturated heterocycles. The summed E-state index contributed by atoms with van der Waals surface area (Å²) in [6, 6.07) is 14.8. The summed E-state index contributed by atoms with van der Waals surface area (Å²) >= 11 is 1.32. The first-order valence-corrected chi connectivity index (χ1v) is 12.5. The van der Waals surface area contributed by atoms with Gasteiger partial charge in [-0.15, -0.1) is 10.2 Å². The number of para-hydroxylation sites is 1. The van der Waals surface area contributed by atoms with Crippen molar-refractivity contribution in [1.29, 1.82) is 0 Å². The molecule has 1 atom stereocenters. The number of amides is 2. The molecule has 0 spiro atoms. The minimum absolute atomic E-state index is 0.0958. The summed E-state index contributed by atoms with van der Waals surface area (Å²) in [7, 11) is 0. The molecule has 0 radical (unpaired) electrons. The predicted octanol–water partition coefficient (Wildman–Crippen LogP) is 4.03. The number of rotatable bonds is 10. The number of aromatic nitrogens is 3. The van der Waals surface area contributed by atoms with Crippen LogP contribution in [0.2, 0.25) is 0 Å². The summed E-state index contributed by atoms with van der Waals surface area (Å²) in [5.41, 5.74) is 2.37. The lowest BCUT2D eigenvalue weighted by atomic mass is 10.2. The van der Waals surface area contributed by atoms with Crippen LogP contribution in [0.4, 0.5) is 11.4 Å². The molecule has 1 aliphatic heterocycles. The summed E-state index contributed by atoms with van der Waals surface area (Å²) in [6.07, 6.45) is 2.11. The van der Waals surface area contributed by atoms with E-state index < -0.39 is 0 Å². The van der Waals surface area contributed by atoms with E-state index in [1.54, 1.807) is 24.3 Å². The third-order valence-corrected chi connectivity index (χ3v) is 6.44. The highest BCUT2D eigenvalue weighted by atomic mass is 32.2. The van der Waals surface area contributed by atoms with Gasteiger partial charge in [0, 0.05) is 24.9 Å². The van der Waals surface area contributed by atoms with E-state index in [9.17, 15) is 9.59 Å². The van der Waals surface area contributed by atoms with Crippen molar-refractivity contribution in [3.63, 3.8) is 0 Å². The molecule has 3 aromatic rings. The van der Waals surface area contributed by atoms with Gasteiger partial charge in [0.25, 0.3) is 0 Å². The van der Waals surface area contributed by atoms with Crippen LogP contribution in [0.1, 0.15) is 31.2 Å². The van der Waals surface area contributed by atoms with E-state index in [1.807, 2.05) is 35.8 Å². The molecule has 2 amide bonds. The van der Waals surface area contributed by atoms with Crippen LogP contribution in [0, 0.1) is 6.92 Å². The molecule has 184 valence electrons. The van der Waals surface area contributed by atoms with E-state index in [0.717, 1.165) is 30.8 Å². The fourth-order valence-corrected chi connectivity index (χ4v) is 4.50. The molecular formula is C25H29N5O4S. The second kappa shape index (κ2) is 11.9. The molecule has 1 fully saturated rings. The average molecular weight is 496 g/mol. The Balaban J connectivity index is 1.39. The zero-order valence-electron chi connectivity index (χ0n) is 19.8. The van der Waals surface area contributed by atoms with Crippen LogP contribution in [0.3, 0.4) is 0 Å². The van der Waals surface area contributed by atoms with Crippen LogP contribution >= 0.6 is 11.8 Å². The Morgan fingerprint density at radius 1 is 1.11 bits per heavy atom. The first-order valence-electron chi connectivity index (χ1n) is 11.5. The number of thioether (sulfide) groups is 1. The second-order valence-corrected chi connectivity index (χ2v) is 9.24. The lowest BCUT2D eigenvalue weighted by molar-refractivity contribution is -0.114. The van der Waals surface area contributed by atoms with Gasteiger partial charge in [0.1, 0.15) is 12.4 Å². The maximum Gasteiger partial charge on any atom is 0.234 e. The second-order valence-electron chi connectivity index (χ2n) is 8.29. The number of ether oxygens (including phenoxy) is 2. The van der Waals surface area contributed by atoms with Crippen molar-refractivity contribution >= 4 is 35.0 Å². The third-order valence-electron chi connectivity index (χ3n) is 5.48. The topological polar surface area (TPSA) is 107 Å². The lowest BCUT2D eigenvalue weighted by Gasteiger charge is -2.15. The Hall–Kier alpha value is -3.37. The number of hydrogen-bond donors (Lipinski definition) is 2. The van der Waals surface area contributed by atoms with Crippen LogP contribution in [-0.4, -0.2) is 45.0 Å². The molecule has 0 aliphatic carbocycles. The summed E-state index contributed by atoms with van der Waals surface area (Å²) in [6.45, 7) is 5.10. The first kappa shape index (κ1) is 24.7. The molecule has 2 heterocycles. The Morgan fingerprint density at radius 3 is 2.54 bits per heavy atom. The van der Waals surface area contributed by atoms with E-state index in [2.05, 4.69) is 20.8 Å². The molecule has 0 saturated carbocycles. The zero-order valence-corrected chi connectivity index (χ0v) is 20.6. The van der Waals surface area contributed by atoms with Crippen LogP contribution in [-0.2, 0) is 27.5 Å². The fraction of sp³-hybridized carbons (Fsp3) is 0.360. The van der Waals surface area contributed by atoms with Crippen molar-refractivity contribution in [2.45, 2.75) is 51.1 Å². The van der Waals surface area contributed by atoms with Gasteiger partial charge in [-0.3, -0.25) is 9.59 Å².